The molecule has 0 fully saturated rings. The number of aromatic amines is 1. The number of nitrogens with one attached hydrogen (secondary N) is 4. The Labute approximate surface area is 264 Å². The molecule has 4 aromatic rings. The Kier molecular flexibility index (Phi) is 11.4. The Hall–Kier alpha value is -6.00. The summed E-state index contributed by atoms with van der Waals surface area (Å²) in [6, 6.07) is 15.8. The molecule has 0 radical (unpaired) electrons. The van der Waals surface area contributed by atoms with Crippen LogP contribution in [0.15, 0.2) is 84.0 Å². The van der Waals surface area contributed by atoms with E-state index in [0.29, 0.717) is 16.7 Å². The molecule has 0 bridgehead atoms. The zero-order valence-electron chi connectivity index (χ0n) is 24.5. The third kappa shape index (κ3) is 10.5. The number of amides is 2. The molecule has 246 valence electrons. The Balaban J connectivity index is 1.53. The van der Waals surface area contributed by atoms with E-state index in [1.807, 2.05) is 0 Å². The van der Waals surface area contributed by atoms with Crippen molar-refractivity contribution >= 4 is 35.7 Å². The van der Waals surface area contributed by atoms with Gasteiger partial charge in [-0.05, 0) is 11.1 Å². The highest BCUT2D eigenvalue weighted by molar-refractivity contribution is 5.89. The maximum absolute atomic E-state index is 13.1. The van der Waals surface area contributed by atoms with Crippen LogP contribution in [0.3, 0.4) is 0 Å². The Morgan fingerprint density at radius 1 is 1.00 bits per heavy atom. The highest BCUT2D eigenvalue weighted by Crippen LogP contribution is 2.25. The smallest absolute Gasteiger partial charge is 0.445 e. The number of nitrogens with zero attached hydrogens (tertiary/aromatic N) is 3. The summed E-state index contributed by atoms with van der Waals surface area (Å²) in [5, 5.41) is 7.85. The van der Waals surface area contributed by atoms with E-state index in [9.17, 15) is 37.1 Å². The van der Waals surface area contributed by atoms with Gasteiger partial charge >= 0.3 is 29.9 Å². The third-order valence-corrected chi connectivity index (χ3v) is 6.28. The molecule has 4 N–H and O–H groups in total. The quantitative estimate of drug-likeness (QED) is 0.123. The lowest BCUT2D eigenvalue weighted by Gasteiger charge is -2.20. The van der Waals surface area contributed by atoms with Gasteiger partial charge in [-0.25, -0.2) is 19.4 Å². The largest absolute Gasteiger partial charge is 0.491 e. The highest BCUT2D eigenvalue weighted by Gasteiger charge is 2.42. The van der Waals surface area contributed by atoms with Crippen LogP contribution in [0.25, 0.3) is 11.1 Å². The highest BCUT2D eigenvalue weighted by atomic mass is 19.4. The summed E-state index contributed by atoms with van der Waals surface area (Å²) in [5.41, 5.74) is 0.746. The molecule has 2 heterocycles. The van der Waals surface area contributed by atoms with Crippen LogP contribution in [0.5, 0.6) is 0 Å². The van der Waals surface area contributed by atoms with Crippen molar-refractivity contribution in [1.82, 2.24) is 24.8 Å². The summed E-state index contributed by atoms with van der Waals surface area (Å²) in [7, 11) is 0. The number of H-pyrrole nitrogens is 1. The van der Waals surface area contributed by atoms with Crippen molar-refractivity contribution in [3.63, 3.8) is 0 Å². The molecule has 0 aliphatic carbocycles. The number of anilines is 2. The van der Waals surface area contributed by atoms with Crippen molar-refractivity contribution in [1.29, 1.82) is 0 Å². The number of esters is 2. The van der Waals surface area contributed by atoms with Gasteiger partial charge in [-0.15, -0.1) is 0 Å². The number of benzene rings is 2. The van der Waals surface area contributed by atoms with E-state index in [-0.39, 0.29) is 37.2 Å². The molecule has 0 saturated carbocycles. The monoisotopic (exact) mass is 655 g/mol. The number of carbonyl (C=O) groups excluding carboxylic acids is 4. The molecule has 0 aliphatic heterocycles. The van der Waals surface area contributed by atoms with Crippen molar-refractivity contribution in [2.75, 3.05) is 17.2 Å². The number of carbonyl (C=O) groups is 4. The average Bonchev–Trinajstić information content (AvgIpc) is 3.54. The van der Waals surface area contributed by atoms with Gasteiger partial charge in [-0.3, -0.25) is 19.5 Å². The molecule has 4 rings (SSSR count). The van der Waals surface area contributed by atoms with Crippen LogP contribution in [0.1, 0.15) is 18.4 Å². The summed E-state index contributed by atoms with van der Waals surface area (Å²) in [6.07, 6.45) is -3.05. The Bertz CT molecular complexity index is 1730. The van der Waals surface area contributed by atoms with E-state index in [1.54, 1.807) is 60.7 Å². The second-order valence-electron chi connectivity index (χ2n) is 9.83. The summed E-state index contributed by atoms with van der Waals surface area (Å²) in [4.78, 5) is 72.2. The van der Waals surface area contributed by atoms with Gasteiger partial charge in [-0.2, -0.15) is 18.2 Å². The van der Waals surface area contributed by atoms with Crippen molar-refractivity contribution in [2.24, 2.45) is 0 Å². The molecule has 0 aliphatic rings. The predicted octanol–water partition coefficient (Wildman–Crippen LogP) is 3.39. The first kappa shape index (κ1) is 33.9. The van der Waals surface area contributed by atoms with E-state index >= 15 is 0 Å². The predicted molar refractivity (Wildman–Crippen MR) is 160 cm³/mol. The van der Waals surface area contributed by atoms with Crippen LogP contribution >= 0.6 is 0 Å². The molecule has 1 unspecified atom stereocenters. The maximum atomic E-state index is 13.1. The van der Waals surface area contributed by atoms with Crippen LogP contribution in [0, 0.1) is 0 Å². The van der Waals surface area contributed by atoms with Crippen molar-refractivity contribution in [3.05, 3.63) is 95.3 Å². The fourth-order valence-corrected chi connectivity index (χ4v) is 4.14. The topological polar surface area (TPSA) is 186 Å². The summed E-state index contributed by atoms with van der Waals surface area (Å²) in [5.74, 6) is -4.32. The number of imidazole rings is 1. The van der Waals surface area contributed by atoms with Crippen molar-refractivity contribution in [3.8, 4) is 11.1 Å². The molecule has 0 spiro atoms. The molecule has 17 heteroatoms. The van der Waals surface area contributed by atoms with Gasteiger partial charge in [0, 0.05) is 43.7 Å². The Morgan fingerprint density at radius 3 is 2.36 bits per heavy atom. The molecular weight excluding hydrogens is 627 g/mol. The Morgan fingerprint density at radius 2 is 1.70 bits per heavy atom. The number of hydrogen-bond acceptors (Lipinski definition) is 10. The lowest BCUT2D eigenvalue weighted by atomic mass is 10.1. The van der Waals surface area contributed by atoms with Gasteiger partial charge in [-0.1, -0.05) is 60.7 Å². The molecule has 0 saturated heterocycles. The van der Waals surface area contributed by atoms with Crippen LogP contribution in [0.4, 0.5) is 29.7 Å². The van der Waals surface area contributed by atoms with E-state index in [2.05, 4.69) is 35.6 Å². The first-order chi connectivity index (χ1) is 22.5. The second kappa shape index (κ2) is 15.8. The first-order valence-electron chi connectivity index (χ1n) is 14.0. The standard InChI is InChI=1S/C30H28F3N7O7/c31-30(32,33)26(43)47-24(42)15-21(37-29(45)46-18-19-7-3-1-4-8-19)16-40-17-22(20-9-5-2-6-10-20)25(39-28(40)44)34-12-11-23(41)38-27-35-13-14-36-27/h1-10,13-14,17,21H,11-12,15-16,18H2,(H,37,45)(H,34,39,44)(H2,35,36,38,41). The number of halogens is 3. The van der Waals surface area contributed by atoms with Gasteiger partial charge in [0.05, 0.1) is 12.5 Å². The molecule has 1 atom stereocenters. The first-order valence-corrected chi connectivity index (χ1v) is 14.0. The van der Waals surface area contributed by atoms with Gasteiger partial charge in [0.15, 0.2) is 0 Å². The van der Waals surface area contributed by atoms with Gasteiger partial charge < -0.3 is 25.1 Å². The number of hydrogen-bond donors (Lipinski definition) is 4. The average molecular weight is 656 g/mol. The van der Waals surface area contributed by atoms with Crippen LogP contribution in [-0.4, -0.2) is 62.2 Å². The van der Waals surface area contributed by atoms with Crippen molar-refractivity contribution < 1.29 is 41.8 Å². The van der Waals surface area contributed by atoms with Crippen LogP contribution in [0.2, 0.25) is 0 Å². The molecule has 2 aromatic carbocycles. The zero-order chi connectivity index (χ0) is 33.8. The van der Waals surface area contributed by atoms with E-state index < -0.39 is 48.9 Å². The number of alkyl halides is 3. The van der Waals surface area contributed by atoms with Gasteiger partial charge in [0.25, 0.3) is 0 Å². The van der Waals surface area contributed by atoms with Crippen LogP contribution < -0.4 is 21.6 Å². The second-order valence-corrected chi connectivity index (χ2v) is 9.83. The fraction of sp³-hybridized carbons (Fsp3) is 0.233. The van der Waals surface area contributed by atoms with E-state index in [1.165, 1.54) is 18.6 Å². The number of alkyl carbamates (subject to hydrolysis) is 1. The molecule has 2 aromatic heterocycles. The van der Waals surface area contributed by atoms with E-state index in [4.69, 9.17) is 4.74 Å². The SMILES string of the molecule is O=C(CCNc1nc(=O)n(CC(CC(=O)OC(=O)C(F)(F)F)NC(=O)OCc2ccccc2)cc1-c1ccccc1)Nc1ncc[nH]1. The molecule has 2 amide bonds. The van der Waals surface area contributed by atoms with Gasteiger partial charge in [0.1, 0.15) is 12.4 Å². The number of rotatable bonds is 13. The summed E-state index contributed by atoms with van der Waals surface area (Å²) in [6.45, 7) is -0.581. The lowest BCUT2D eigenvalue weighted by Crippen LogP contribution is -2.43. The van der Waals surface area contributed by atoms with E-state index in [0.717, 1.165) is 4.57 Å². The molecular formula is C30H28F3N7O7. The number of aromatic nitrogens is 4. The summed E-state index contributed by atoms with van der Waals surface area (Å²) < 4.78 is 48.1. The molecule has 47 heavy (non-hydrogen) atoms. The normalized spacial score (nSPS) is 11.6. The summed E-state index contributed by atoms with van der Waals surface area (Å²) >= 11 is 0. The number of ether oxygens (including phenoxy) is 2. The molecule has 14 nitrogen and oxygen atoms in total. The maximum Gasteiger partial charge on any atom is 0.491 e. The third-order valence-electron chi connectivity index (χ3n) is 6.28. The minimum absolute atomic E-state index is 0.0183. The van der Waals surface area contributed by atoms with Crippen molar-refractivity contribution in [2.45, 2.75) is 38.2 Å². The van der Waals surface area contributed by atoms with Crippen LogP contribution in [-0.2, 0) is 37.0 Å². The fourth-order valence-electron chi connectivity index (χ4n) is 4.14. The van der Waals surface area contributed by atoms with Gasteiger partial charge in [0.2, 0.25) is 11.9 Å². The lowest BCUT2D eigenvalue weighted by molar-refractivity contribution is -0.202. The zero-order valence-corrected chi connectivity index (χ0v) is 24.5. The minimum atomic E-state index is -5.43. The minimum Gasteiger partial charge on any atom is -0.445 e.